The molecule has 2 N–H and O–H groups in total. The molecule has 0 radical (unpaired) electrons. The lowest BCUT2D eigenvalue weighted by Gasteiger charge is -2.40. The number of carboxylic acids is 1. The number of pyridine rings is 1. The molecule has 1 saturated carbocycles. The molecule has 1 aliphatic carbocycles. The van der Waals surface area contributed by atoms with Gasteiger partial charge in [-0.15, -0.1) is 0 Å². The van der Waals surface area contributed by atoms with Gasteiger partial charge in [-0.2, -0.15) is 0 Å². The highest BCUT2D eigenvalue weighted by molar-refractivity contribution is 5.93. The monoisotopic (exact) mass is 368 g/mol. The summed E-state index contributed by atoms with van der Waals surface area (Å²) in [7, 11) is 0. The second-order valence-electron chi connectivity index (χ2n) is 9.74. The second-order valence-corrected chi connectivity index (χ2v) is 9.74. The van der Waals surface area contributed by atoms with Crippen LogP contribution in [0.3, 0.4) is 0 Å². The van der Waals surface area contributed by atoms with E-state index in [1.165, 1.54) is 25.0 Å². The summed E-state index contributed by atoms with van der Waals surface area (Å²) >= 11 is 0. The van der Waals surface area contributed by atoms with Crippen molar-refractivity contribution in [1.29, 1.82) is 0 Å². The van der Waals surface area contributed by atoms with E-state index in [1.54, 1.807) is 6.07 Å². The molecule has 2 heterocycles. The van der Waals surface area contributed by atoms with Crippen LogP contribution in [0.1, 0.15) is 61.6 Å². The molecule has 5 nitrogen and oxygen atoms in total. The van der Waals surface area contributed by atoms with Crippen molar-refractivity contribution < 1.29 is 9.90 Å². The van der Waals surface area contributed by atoms with E-state index >= 15 is 0 Å². The topological polar surface area (TPSA) is 73.4 Å². The number of rotatable bonds is 3. The summed E-state index contributed by atoms with van der Waals surface area (Å²) in [5, 5.41) is 9.71. The normalized spacial score (nSPS) is 27.2. The van der Waals surface area contributed by atoms with Gasteiger partial charge < -0.3 is 10.1 Å². The Morgan fingerprint density at radius 1 is 1.30 bits per heavy atom. The van der Waals surface area contributed by atoms with Crippen LogP contribution in [0, 0.1) is 17.8 Å². The van der Waals surface area contributed by atoms with Crippen LogP contribution in [0.25, 0.3) is 10.9 Å². The molecule has 2 unspecified atom stereocenters. The van der Waals surface area contributed by atoms with E-state index in [0.717, 1.165) is 24.2 Å². The Balaban J connectivity index is 1.72. The van der Waals surface area contributed by atoms with Crippen LogP contribution in [-0.4, -0.2) is 33.5 Å². The van der Waals surface area contributed by atoms with E-state index in [-0.39, 0.29) is 11.0 Å². The molecule has 1 saturated heterocycles. The smallest absolute Gasteiger partial charge is 0.335 e. The van der Waals surface area contributed by atoms with Gasteiger partial charge in [-0.25, -0.2) is 4.79 Å². The first-order valence-electron chi connectivity index (χ1n) is 9.70. The van der Waals surface area contributed by atoms with Crippen LogP contribution >= 0.6 is 0 Å². The van der Waals surface area contributed by atoms with E-state index < -0.39 is 5.97 Å². The number of benzene rings is 1. The summed E-state index contributed by atoms with van der Waals surface area (Å²) in [4.78, 5) is 30.2. The largest absolute Gasteiger partial charge is 0.478 e. The Morgan fingerprint density at radius 3 is 2.74 bits per heavy atom. The molecule has 1 aromatic carbocycles. The Bertz CT molecular complexity index is 991. The van der Waals surface area contributed by atoms with Crippen molar-refractivity contribution >= 4 is 16.9 Å². The maximum Gasteiger partial charge on any atom is 0.335 e. The number of hydrogen-bond donors (Lipinski definition) is 2. The van der Waals surface area contributed by atoms with Gasteiger partial charge >= 0.3 is 5.97 Å². The number of carbonyl (C=O) groups is 1. The highest BCUT2D eigenvalue weighted by atomic mass is 16.4. The zero-order valence-corrected chi connectivity index (χ0v) is 16.6. The first kappa shape index (κ1) is 18.2. The fraction of sp³-hybridized carbons (Fsp3) is 0.545. The predicted molar refractivity (Wildman–Crippen MR) is 106 cm³/mol. The van der Waals surface area contributed by atoms with Gasteiger partial charge in [0.25, 0.3) is 0 Å². The zero-order chi connectivity index (χ0) is 19.6. The summed E-state index contributed by atoms with van der Waals surface area (Å²) in [6.07, 6.45) is 3.59. The number of H-pyrrole nitrogens is 1. The number of aromatic nitrogens is 1. The standard InChI is InChI=1S/C22H28N2O3/c1-13-17(10-24-12-22(4)9-15(24)8-21(2,3)11-22)19(25)16-7-14(20(26)27)5-6-18(16)23-13/h5-7,15H,8-12H2,1-4H3,(H,23,25)(H,26,27). The fourth-order valence-corrected chi connectivity index (χ4v) is 5.74. The first-order chi connectivity index (χ1) is 12.6. The molecule has 2 atom stereocenters. The van der Waals surface area contributed by atoms with Crippen LogP contribution in [-0.2, 0) is 6.54 Å². The fourth-order valence-electron chi connectivity index (χ4n) is 5.74. The number of likely N-dealkylation sites (tertiary alicyclic amines) is 1. The number of nitrogens with zero attached hydrogens (tertiary/aromatic N) is 1. The van der Waals surface area contributed by atoms with Crippen molar-refractivity contribution in [2.45, 2.75) is 59.5 Å². The molecular formula is C22H28N2O3. The maximum atomic E-state index is 13.2. The van der Waals surface area contributed by atoms with Crippen LogP contribution in [0.5, 0.6) is 0 Å². The molecule has 144 valence electrons. The quantitative estimate of drug-likeness (QED) is 0.861. The van der Waals surface area contributed by atoms with Gasteiger partial charge in [-0.3, -0.25) is 9.69 Å². The lowest BCUT2D eigenvalue weighted by molar-refractivity contribution is 0.0697. The molecule has 5 heteroatoms. The summed E-state index contributed by atoms with van der Waals surface area (Å²) < 4.78 is 0. The van der Waals surface area contributed by atoms with E-state index in [4.69, 9.17) is 0 Å². The number of aromatic amines is 1. The highest BCUT2D eigenvalue weighted by Gasteiger charge is 2.49. The van der Waals surface area contributed by atoms with E-state index in [0.29, 0.717) is 34.3 Å². The second kappa shape index (κ2) is 5.93. The summed E-state index contributed by atoms with van der Waals surface area (Å²) in [5.74, 6) is -1.01. The molecule has 2 aliphatic rings. The van der Waals surface area contributed by atoms with Gasteiger partial charge in [0.2, 0.25) is 0 Å². The van der Waals surface area contributed by atoms with Gasteiger partial charge in [0.1, 0.15) is 0 Å². The number of hydrogen-bond acceptors (Lipinski definition) is 3. The molecular weight excluding hydrogens is 340 g/mol. The third kappa shape index (κ3) is 3.18. The van der Waals surface area contributed by atoms with Crippen molar-refractivity contribution in [2.75, 3.05) is 6.54 Å². The van der Waals surface area contributed by atoms with Gasteiger partial charge in [0.05, 0.1) is 5.56 Å². The Kier molecular flexibility index (Phi) is 4.00. The predicted octanol–water partition coefficient (Wildman–Crippen LogP) is 3.94. The number of aryl methyl sites for hydroxylation is 1. The first-order valence-corrected chi connectivity index (χ1v) is 9.70. The summed E-state index contributed by atoms with van der Waals surface area (Å²) in [6.45, 7) is 10.7. The molecule has 0 amide bonds. The average molecular weight is 368 g/mol. The molecule has 2 fully saturated rings. The van der Waals surface area contributed by atoms with Gasteiger partial charge in [0.15, 0.2) is 5.43 Å². The molecule has 2 aromatic rings. The molecule has 0 spiro atoms. The minimum atomic E-state index is -1.01. The summed E-state index contributed by atoms with van der Waals surface area (Å²) in [6, 6.07) is 5.22. The van der Waals surface area contributed by atoms with E-state index in [9.17, 15) is 14.7 Å². The van der Waals surface area contributed by atoms with Crippen molar-refractivity contribution in [3.8, 4) is 0 Å². The van der Waals surface area contributed by atoms with Crippen LogP contribution < -0.4 is 5.43 Å². The minimum Gasteiger partial charge on any atom is -0.478 e. The number of carboxylic acid groups (broad SMARTS) is 1. The van der Waals surface area contributed by atoms with Gasteiger partial charge in [-0.05, 0) is 55.2 Å². The van der Waals surface area contributed by atoms with Crippen LogP contribution in [0.15, 0.2) is 23.0 Å². The molecule has 1 aliphatic heterocycles. The number of aromatic carboxylic acids is 1. The minimum absolute atomic E-state index is 0.0461. The van der Waals surface area contributed by atoms with Gasteiger partial charge in [-0.1, -0.05) is 20.8 Å². The lowest BCUT2D eigenvalue weighted by Crippen LogP contribution is -2.35. The Hall–Kier alpha value is -2.14. The third-order valence-corrected chi connectivity index (χ3v) is 6.44. The van der Waals surface area contributed by atoms with Crippen molar-refractivity contribution in [3.05, 3.63) is 45.2 Å². The highest BCUT2D eigenvalue weighted by Crippen LogP contribution is 2.52. The van der Waals surface area contributed by atoms with E-state index in [2.05, 4.69) is 30.7 Å². The van der Waals surface area contributed by atoms with Crippen LogP contribution in [0.2, 0.25) is 0 Å². The third-order valence-electron chi connectivity index (χ3n) is 6.44. The van der Waals surface area contributed by atoms with Crippen molar-refractivity contribution in [1.82, 2.24) is 9.88 Å². The number of nitrogens with one attached hydrogen (secondary N) is 1. The Morgan fingerprint density at radius 2 is 2.04 bits per heavy atom. The molecule has 27 heavy (non-hydrogen) atoms. The summed E-state index contributed by atoms with van der Waals surface area (Å²) in [5.41, 5.74) is 3.10. The van der Waals surface area contributed by atoms with Crippen molar-refractivity contribution in [3.63, 3.8) is 0 Å². The SMILES string of the molecule is Cc1[nH]c2ccc(C(=O)O)cc2c(=O)c1CN1CC2(C)CC1CC(C)(C)C2. The zero-order valence-electron chi connectivity index (χ0n) is 16.6. The maximum absolute atomic E-state index is 13.2. The number of fused-ring (bicyclic) bond motifs is 3. The van der Waals surface area contributed by atoms with E-state index in [1.807, 2.05) is 6.92 Å². The average Bonchev–Trinajstić information content (AvgIpc) is 2.79. The van der Waals surface area contributed by atoms with Crippen LogP contribution in [0.4, 0.5) is 0 Å². The van der Waals surface area contributed by atoms with Crippen molar-refractivity contribution in [2.24, 2.45) is 10.8 Å². The Labute approximate surface area is 159 Å². The lowest BCUT2D eigenvalue weighted by atomic mass is 9.65. The molecule has 1 aromatic heterocycles. The molecule has 2 bridgehead atoms. The van der Waals surface area contributed by atoms with Gasteiger partial charge in [0, 0.05) is 41.3 Å². The molecule has 4 rings (SSSR count).